The number of thiocarbonyl (C=S) groups is 1. The highest BCUT2D eigenvalue weighted by atomic mass is 35.5. The molecule has 26 heavy (non-hydrogen) atoms. The van der Waals surface area contributed by atoms with Crippen molar-refractivity contribution in [3.8, 4) is 0 Å². The number of carbonyl (C=O) groups excluding carboxylic acids is 2. The average Bonchev–Trinajstić information content (AvgIpc) is 2.59. The molecule has 1 saturated heterocycles. The first-order valence-electron chi connectivity index (χ1n) is 7.66. The Morgan fingerprint density at radius 2 is 1.88 bits per heavy atom. The van der Waals surface area contributed by atoms with Gasteiger partial charge in [0, 0.05) is 11.6 Å². The van der Waals surface area contributed by atoms with Crippen molar-refractivity contribution in [1.29, 1.82) is 0 Å². The smallest absolute Gasteiger partial charge is 0.269 e. The molecule has 1 aliphatic heterocycles. The number of nitrogens with one attached hydrogen (secondary N) is 1. The van der Waals surface area contributed by atoms with Gasteiger partial charge < -0.3 is 21.1 Å². The lowest BCUT2D eigenvalue weighted by molar-refractivity contribution is -0.122. The normalized spacial score (nSPS) is 20.1. The minimum absolute atomic E-state index is 0.0980. The predicted molar refractivity (Wildman–Crippen MR) is 99.5 cm³/mol. The molecular weight excluding hydrogens is 382 g/mol. The van der Waals surface area contributed by atoms with Crippen LogP contribution in [0.4, 0.5) is 5.69 Å². The van der Waals surface area contributed by atoms with Crippen molar-refractivity contribution in [2.45, 2.75) is 24.7 Å². The molecule has 6 N–H and O–H groups in total. The summed E-state index contributed by atoms with van der Waals surface area (Å²) in [4.78, 5) is 25.9. The highest BCUT2D eigenvalue weighted by Gasteiger charge is 2.35. The Hall–Kier alpha value is -1.88. The quantitative estimate of drug-likeness (QED) is 0.246. The fraction of sp³-hybridized carbons (Fsp3) is 0.312. The maximum atomic E-state index is 12.7. The molecule has 0 unspecified atom stereocenters. The van der Waals surface area contributed by atoms with E-state index in [9.17, 15) is 19.8 Å². The first-order chi connectivity index (χ1) is 12.3. The van der Waals surface area contributed by atoms with Crippen molar-refractivity contribution in [1.82, 2.24) is 5.32 Å². The number of rotatable bonds is 6. The number of nitrogens with zero attached hydrogens (tertiary/aromatic N) is 1. The van der Waals surface area contributed by atoms with Crippen LogP contribution in [0, 0.1) is 0 Å². The number of aliphatic hydroxyl groups is 3. The second-order valence-electron chi connectivity index (χ2n) is 5.60. The Morgan fingerprint density at radius 1 is 1.27 bits per heavy atom. The van der Waals surface area contributed by atoms with Gasteiger partial charge in [0.2, 0.25) is 0 Å². The topological polar surface area (TPSA) is 136 Å². The van der Waals surface area contributed by atoms with E-state index in [1.165, 1.54) is 0 Å². The van der Waals surface area contributed by atoms with E-state index in [2.05, 4.69) is 5.32 Å². The summed E-state index contributed by atoms with van der Waals surface area (Å²) in [6, 6.07) is 5.03. The SMILES string of the molecule is N[C@H](/C=C1/C(=O)NC(=S)N(c2ccc(Cl)cc2)C1=O)[C@@H](O)[C@H](O)CCO. The van der Waals surface area contributed by atoms with Crippen molar-refractivity contribution in [3.05, 3.63) is 40.9 Å². The average molecular weight is 400 g/mol. The van der Waals surface area contributed by atoms with E-state index < -0.39 is 30.1 Å². The van der Waals surface area contributed by atoms with Gasteiger partial charge in [-0.2, -0.15) is 0 Å². The summed E-state index contributed by atoms with van der Waals surface area (Å²) < 4.78 is 0. The predicted octanol–water partition coefficient (Wildman–Crippen LogP) is -0.554. The van der Waals surface area contributed by atoms with Crippen LogP contribution in [0.15, 0.2) is 35.9 Å². The number of aliphatic hydroxyl groups excluding tert-OH is 3. The van der Waals surface area contributed by atoms with Crippen LogP contribution in [0.5, 0.6) is 0 Å². The summed E-state index contributed by atoms with van der Waals surface area (Å²) in [5.41, 5.74) is 5.84. The third-order valence-corrected chi connectivity index (χ3v) is 4.30. The molecule has 3 atom stereocenters. The molecule has 0 aliphatic carbocycles. The molecule has 1 aliphatic rings. The molecule has 0 saturated carbocycles. The van der Waals surface area contributed by atoms with Gasteiger partial charge in [-0.05, 0) is 49.0 Å². The summed E-state index contributed by atoms with van der Waals surface area (Å²) in [7, 11) is 0. The van der Waals surface area contributed by atoms with Crippen LogP contribution >= 0.6 is 23.8 Å². The summed E-state index contributed by atoms with van der Waals surface area (Å²) in [5, 5.41) is 31.2. The Kier molecular flexibility index (Phi) is 6.81. The van der Waals surface area contributed by atoms with E-state index >= 15 is 0 Å². The van der Waals surface area contributed by atoms with Gasteiger partial charge in [-0.1, -0.05) is 11.6 Å². The standard InChI is InChI=1S/C16H18ClN3O5S/c17-8-1-3-9(4-2-8)20-15(25)10(14(24)19-16(20)26)7-11(18)13(23)12(22)5-6-21/h1-4,7,11-13,21-23H,5-6,18H2,(H,19,24,26)/b10-7-/t11-,12-,13-/m1/s1. The maximum Gasteiger partial charge on any atom is 0.269 e. The molecule has 0 aromatic heterocycles. The lowest BCUT2D eigenvalue weighted by atomic mass is 10.00. The maximum absolute atomic E-state index is 12.7. The van der Waals surface area contributed by atoms with Gasteiger partial charge in [-0.3, -0.25) is 19.8 Å². The summed E-state index contributed by atoms with van der Waals surface area (Å²) >= 11 is 10.9. The zero-order chi connectivity index (χ0) is 19.4. The second-order valence-corrected chi connectivity index (χ2v) is 6.43. The van der Waals surface area contributed by atoms with E-state index in [1.807, 2.05) is 0 Å². The molecule has 0 radical (unpaired) electrons. The summed E-state index contributed by atoms with van der Waals surface area (Å²) in [5.74, 6) is -1.48. The summed E-state index contributed by atoms with van der Waals surface area (Å²) in [6.45, 7) is -0.348. The first-order valence-corrected chi connectivity index (χ1v) is 8.44. The Morgan fingerprint density at radius 3 is 2.46 bits per heavy atom. The highest BCUT2D eigenvalue weighted by Crippen LogP contribution is 2.23. The monoisotopic (exact) mass is 399 g/mol. The van der Waals surface area contributed by atoms with Crippen LogP contribution in [0.1, 0.15) is 6.42 Å². The minimum Gasteiger partial charge on any atom is -0.396 e. The number of halogens is 1. The Labute approximate surface area is 159 Å². The van der Waals surface area contributed by atoms with E-state index in [0.717, 1.165) is 11.0 Å². The molecule has 0 bridgehead atoms. The second kappa shape index (κ2) is 8.67. The molecule has 140 valence electrons. The lowest BCUT2D eigenvalue weighted by Crippen LogP contribution is -2.55. The number of anilines is 1. The third kappa shape index (κ3) is 4.44. The van der Waals surface area contributed by atoms with Crippen molar-refractivity contribution in [2.75, 3.05) is 11.5 Å². The van der Waals surface area contributed by atoms with Crippen molar-refractivity contribution >= 4 is 46.4 Å². The van der Waals surface area contributed by atoms with E-state index in [1.54, 1.807) is 24.3 Å². The molecule has 8 nitrogen and oxygen atoms in total. The first kappa shape index (κ1) is 20.4. The van der Waals surface area contributed by atoms with Gasteiger partial charge in [0.1, 0.15) is 5.57 Å². The number of hydrogen-bond donors (Lipinski definition) is 5. The van der Waals surface area contributed by atoms with Crippen molar-refractivity contribution < 1.29 is 24.9 Å². The van der Waals surface area contributed by atoms with Crippen molar-refractivity contribution in [2.24, 2.45) is 5.73 Å². The van der Waals surface area contributed by atoms with Gasteiger partial charge in [-0.25, -0.2) is 0 Å². The van der Waals surface area contributed by atoms with Crippen LogP contribution in [-0.2, 0) is 9.59 Å². The van der Waals surface area contributed by atoms with Gasteiger partial charge in [0.05, 0.1) is 23.9 Å². The molecule has 1 aromatic carbocycles. The van der Waals surface area contributed by atoms with E-state index in [0.29, 0.717) is 10.7 Å². The fourth-order valence-electron chi connectivity index (χ4n) is 2.35. The van der Waals surface area contributed by atoms with E-state index in [-0.39, 0.29) is 23.7 Å². The molecule has 10 heteroatoms. The van der Waals surface area contributed by atoms with Gasteiger partial charge in [0.15, 0.2) is 5.11 Å². The molecule has 2 amide bonds. The largest absolute Gasteiger partial charge is 0.396 e. The number of carbonyl (C=O) groups is 2. The molecule has 1 aromatic rings. The van der Waals surface area contributed by atoms with Crippen LogP contribution in [0.3, 0.4) is 0 Å². The zero-order valence-electron chi connectivity index (χ0n) is 13.5. The lowest BCUT2D eigenvalue weighted by Gasteiger charge is -2.30. The minimum atomic E-state index is -1.46. The zero-order valence-corrected chi connectivity index (χ0v) is 15.1. The molecule has 1 heterocycles. The number of amides is 2. The number of hydrogen-bond acceptors (Lipinski definition) is 7. The van der Waals surface area contributed by atoms with Crippen LogP contribution in [0.25, 0.3) is 0 Å². The Balaban J connectivity index is 2.30. The van der Waals surface area contributed by atoms with Gasteiger partial charge in [-0.15, -0.1) is 0 Å². The highest BCUT2D eigenvalue weighted by molar-refractivity contribution is 7.80. The van der Waals surface area contributed by atoms with Gasteiger partial charge in [0.25, 0.3) is 11.8 Å². The Bertz CT molecular complexity index is 740. The molecule has 2 rings (SSSR count). The van der Waals surface area contributed by atoms with Crippen LogP contribution < -0.4 is 16.0 Å². The number of nitrogens with two attached hydrogens (primary N) is 1. The van der Waals surface area contributed by atoms with Crippen molar-refractivity contribution in [3.63, 3.8) is 0 Å². The molecular formula is C16H18ClN3O5S. The summed E-state index contributed by atoms with van der Waals surface area (Å²) in [6.07, 6.45) is -1.80. The van der Waals surface area contributed by atoms with Crippen LogP contribution in [-0.4, -0.2) is 57.1 Å². The van der Waals surface area contributed by atoms with E-state index in [4.69, 9.17) is 34.7 Å². The number of benzene rings is 1. The third-order valence-electron chi connectivity index (χ3n) is 3.76. The fourth-order valence-corrected chi connectivity index (χ4v) is 2.76. The van der Waals surface area contributed by atoms with Gasteiger partial charge >= 0.3 is 0 Å². The molecule has 1 fully saturated rings. The molecule has 0 spiro atoms. The van der Waals surface area contributed by atoms with Crippen LogP contribution in [0.2, 0.25) is 5.02 Å².